The summed E-state index contributed by atoms with van der Waals surface area (Å²) in [6, 6.07) is 26.5. The molecule has 0 bridgehead atoms. The average molecular weight is 755 g/mol. The summed E-state index contributed by atoms with van der Waals surface area (Å²) < 4.78 is 22.1. The van der Waals surface area contributed by atoms with E-state index in [4.69, 9.17) is 24.5 Å². The van der Waals surface area contributed by atoms with Crippen molar-refractivity contribution in [2.45, 2.75) is 25.7 Å². The number of rotatable bonds is 29. The summed E-state index contributed by atoms with van der Waals surface area (Å²) in [5, 5.41) is 15.9. The van der Waals surface area contributed by atoms with Crippen LogP contribution in [0.2, 0.25) is 0 Å². The zero-order valence-electron chi connectivity index (χ0n) is 31.0. The summed E-state index contributed by atoms with van der Waals surface area (Å²) in [4.78, 5) is 41.1. The fourth-order valence-electron chi connectivity index (χ4n) is 5.03. The maximum atomic E-state index is 12.6. The lowest BCUT2D eigenvalue weighted by Crippen LogP contribution is -2.27. The number of ketones is 1. The summed E-state index contributed by atoms with van der Waals surface area (Å²) in [6.45, 7) is 4.94. The molecule has 4 aromatic rings. The SMILES string of the molecule is [N-]=[N+]=NCCOCCOCCNC(=O)c1ccc(Nc2nc(NCCCc3ccccc3)nc(NCCOCCOCCCC(=O)c3ccccc3)n2)cc1. The zero-order valence-corrected chi connectivity index (χ0v) is 31.0. The zero-order chi connectivity index (χ0) is 38.6. The first-order valence-electron chi connectivity index (χ1n) is 18.4. The number of aryl methyl sites for hydroxylation is 1. The fourth-order valence-corrected chi connectivity index (χ4v) is 5.03. The molecule has 0 atom stereocenters. The number of nitrogens with zero attached hydrogens (tertiary/aromatic N) is 6. The van der Waals surface area contributed by atoms with Gasteiger partial charge in [0.05, 0.1) is 46.2 Å². The second-order valence-electron chi connectivity index (χ2n) is 12.0. The Morgan fingerprint density at radius 2 is 1.22 bits per heavy atom. The largest absolute Gasteiger partial charge is 0.379 e. The number of carbonyl (C=O) groups is 2. The smallest absolute Gasteiger partial charge is 0.251 e. The quantitative estimate of drug-likeness (QED) is 0.0170. The molecule has 0 fully saturated rings. The highest BCUT2D eigenvalue weighted by molar-refractivity contribution is 5.96. The van der Waals surface area contributed by atoms with Crippen molar-refractivity contribution >= 4 is 35.2 Å². The van der Waals surface area contributed by atoms with Gasteiger partial charge in [-0.25, -0.2) is 0 Å². The standard InChI is InChI=1S/C39H50N10O6/c40-49-44-22-26-55-30-29-53-24-20-41-36(51)33-15-17-34(18-16-33)45-39-47-37(42-19-7-11-31-9-3-1-4-10-31)46-38(48-39)43-21-25-54-28-27-52-23-8-14-35(50)32-12-5-2-6-13-32/h1-6,9-10,12-13,15-18H,7-8,11,14,19-30H2,(H,41,51)(H3,42,43,45,46,47,48). The molecule has 0 unspecified atom stereocenters. The van der Waals surface area contributed by atoms with E-state index in [1.54, 1.807) is 24.3 Å². The Morgan fingerprint density at radius 1 is 0.618 bits per heavy atom. The van der Waals surface area contributed by atoms with Crippen LogP contribution < -0.4 is 21.3 Å². The van der Waals surface area contributed by atoms with Crippen molar-refractivity contribution in [3.05, 3.63) is 112 Å². The summed E-state index contributed by atoms with van der Waals surface area (Å²) in [6.07, 6.45) is 2.92. The van der Waals surface area contributed by atoms with Gasteiger partial charge in [0.25, 0.3) is 5.91 Å². The van der Waals surface area contributed by atoms with Gasteiger partial charge in [-0.2, -0.15) is 15.0 Å². The third kappa shape index (κ3) is 17.8. The molecule has 0 aliphatic carbocycles. The van der Waals surface area contributed by atoms with Gasteiger partial charge in [0.15, 0.2) is 5.78 Å². The van der Waals surface area contributed by atoms with E-state index in [1.807, 2.05) is 48.5 Å². The van der Waals surface area contributed by atoms with E-state index < -0.39 is 0 Å². The van der Waals surface area contributed by atoms with Crippen molar-refractivity contribution in [1.82, 2.24) is 20.3 Å². The number of aromatic nitrogens is 3. The molecule has 4 rings (SSSR count). The molecule has 292 valence electrons. The average Bonchev–Trinajstić information content (AvgIpc) is 3.21. The van der Waals surface area contributed by atoms with E-state index in [0.29, 0.717) is 114 Å². The Balaban J connectivity index is 1.18. The van der Waals surface area contributed by atoms with E-state index in [-0.39, 0.29) is 18.2 Å². The predicted octanol–water partition coefficient (Wildman–Crippen LogP) is 5.84. The van der Waals surface area contributed by atoms with Gasteiger partial charge in [0.2, 0.25) is 17.8 Å². The highest BCUT2D eigenvalue weighted by atomic mass is 16.5. The topological polar surface area (TPSA) is 207 Å². The number of Topliss-reactive ketones (excluding diaryl/α,β-unsaturated/α-hetero) is 1. The maximum Gasteiger partial charge on any atom is 0.251 e. The van der Waals surface area contributed by atoms with E-state index in [0.717, 1.165) is 18.4 Å². The molecule has 0 spiro atoms. The van der Waals surface area contributed by atoms with Gasteiger partial charge in [0, 0.05) is 60.9 Å². The van der Waals surface area contributed by atoms with Gasteiger partial charge in [0.1, 0.15) is 0 Å². The predicted molar refractivity (Wildman–Crippen MR) is 211 cm³/mol. The van der Waals surface area contributed by atoms with Crippen molar-refractivity contribution in [2.75, 3.05) is 95.0 Å². The molecule has 0 saturated heterocycles. The molecule has 0 saturated carbocycles. The number of anilines is 4. The molecule has 0 radical (unpaired) electrons. The summed E-state index contributed by atoms with van der Waals surface area (Å²) in [5.41, 5.74) is 11.4. The van der Waals surface area contributed by atoms with Crippen LogP contribution in [-0.4, -0.2) is 106 Å². The van der Waals surface area contributed by atoms with Crippen molar-refractivity contribution in [1.29, 1.82) is 0 Å². The van der Waals surface area contributed by atoms with Crippen LogP contribution in [-0.2, 0) is 25.4 Å². The van der Waals surface area contributed by atoms with Gasteiger partial charge < -0.3 is 40.2 Å². The number of carbonyl (C=O) groups excluding carboxylic acids is 2. The van der Waals surface area contributed by atoms with Crippen LogP contribution in [0.25, 0.3) is 10.4 Å². The number of benzene rings is 3. The monoisotopic (exact) mass is 754 g/mol. The van der Waals surface area contributed by atoms with Crippen LogP contribution in [0, 0.1) is 0 Å². The Kier molecular flexibility index (Phi) is 20.0. The van der Waals surface area contributed by atoms with Crippen molar-refractivity contribution in [3.8, 4) is 0 Å². The van der Waals surface area contributed by atoms with Crippen molar-refractivity contribution in [3.63, 3.8) is 0 Å². The molecular formula is C39H50N10O6. The number of amides is 1. The summed E-state index contributed by atoms with van der Waals surface area (Å²) in [7, 11) is 0. The van der Waals surface area contributed by atoms with Crippen molar-refractivity contribution in [2.24, 2.45) is 5.11 Å². The highest BCUT2D eigenvalue weighted by Crippen LogP contribution is 2.17. The van der Waals surface area contributed by atoms with E-state index in [2.05, 4.69) is 58.4 Å². The summed E-state index contributed by atoms with van der Waals surface area (Å²) >= 11 is 0. The lowest BCUT2D eigenvalue weighted by Gasteiger charge is -2.12. The van der Waals surface area contributed by atoms with Gasteiger partial charge >= 0.3 is 0 Å². The highest BCUT2D eigenvalue weighted by Gasteiger charge is 2.10. The van der Waals surface area contributed by atoms with Crippen LogP contribution in [0.4, 0.5) is 23.5 Å². The van der Waals surface area contributed by atoms with Gasteiger partial charge in [-0.15, -0.1) is 0 Å². The third-order valence-electron chi connectivity index (χ3n) is 7.80. The third-order valence-corrected chi connectivity index (χ3v) is 7.80. The fraction of sp³-hybridized carbons (Fsp3) is 0.410. The molecular weight excluding hydrogens is 704 g/mol. The van der Waals surface area contributed by atoms with E-state index in [1.165, 1.54) is 5.56 Å². The second kappa shape index (κ2) is 26.2. The normalized spacial score (nSPS) is 10.7. The first kappa shape index (κ1) is 42.1. The van der Waals surface area contributed by atoms with Crippen LogP contribution in [0.1, 0.15) is 45.5 Å². The van der Waals surface area contributed by atoms with Crippen LogP contribution >= 0.6 is 0 Å². The summed E-state index contributed by atoms with van der Waals surface area (Å²) in [5.74, 6) is 1.03. The molecule has 1 amide bonds. The number of ether oxygens (including phenoxy) is 4. The molecule has 3 aromatic carbocycles. The van der Waals surface area contributed by atoms with Crippen LogP contribution in [0.3, 0.4) is 0 Å². The van der Waals surface area contributed by atoms with Crippen LogP contribution in [0.15, 0.2) is 90.0 Å². The van der Waals surface area contributed by atoms with Crippen molar-refractivity contribution < 1.29 is 28.5 Å². The lowest BCUT2D eigenvalue weighted by atomic mass is 10.1. The Hall–Kier alpha value is -5.64. The first-order valence-corrected chi connectivity index (χ1v) is 18.4. The minimum absolute atomic E-state index is 0.117. The molecule has 0 aliphatic rings. The van der Waals surface area contributed by atoms with Crippen LogP contribution in [0.5, 0.6) is 0 Å². The number of hydrogen-bond acceptors (Lipinski definition) is 13. The minimum atomic E-state index is -0.224. The Morgan fingerprint density at radius 3 is 1.91 bits per heavy atom. The van der Waals surface area contributed by atoms with E-state index in [9.17, 15) is 9.59 Å². The Bertz CT molecular complexity index is 1730. The second-order valence-corrected chi connectivity index (χ2v) is 12.0. The number of hydrogen-bond donors (Lipinski definition) is 4. The molecule has 4 N–H and O–H groups in total. The maximum absolute atomic E-state index is 12.6. The molecule has 1 heterocycles. The first-order chi connectivity index (χ1) is 27.1. The van der Waals surface area contributed by atoms with E-state index >= 15 is 0 Å². The minimum Gasteiger partial charge on any atom is -0.379 e. The number of azide groups is 1. The molecule has 1 aromatic heterocycles. The molecule has 16 heteroatoms. The molecule has 55 heavy (non-hydrogen) atoms. The van der Waals surface area contributed by atoms with Gasteiger partial charge in [-0.05, 0) is 54.6 Å². The number of nitrogens with one attached hydrogen (secondary N) is 4. The lowest BCUT2D eigenvalue weighted by molar-refractivity contribution is 0.0497. The van der Waals surface area contributed by atoms with Gasteiger partial charge in [-0.1, -0.05) is 65.8 Å². The molecule has 0 aliphatic heterocycles. The molecule has 16 nitrogen and oxygen atoms in total. The van der Waals surface area contributed by atoms with Gasteiger partial charge in [-0.3, -0.25) is 9.59 Å². The Labute approximate surface area is 321 Å².